The van der Waals surface area contributed by atoms with Crippen LogP contribution in [0.2, 0.25) is 0 Å². The Labute approximate surface area is 113 Å². The Bertz CT molecular complexity index is 484. The van der Waals surface area contributed by atoms with Crippen molar-refractivity contribution in [3.8, 4) is 0 Å². The van der Waals surface area contributed by atoms with Crippen LogP contribution in [0.5, 0.6) is 0 Å². The lowest BCUT2D eigenvalue weighted by molar-refractivity contribution is 0.195. The van der Waals surface area contributed by atoms with Gasteiger partial charge in [0.2, 0.25) is 0 Å². The minimum Gasteiger partial charge on any atom is -0.386 e. The first-order valence-electron chi connectivity index (χ1n) is 5.38. The molecule has 1 aromatic heterocycles. The van der Waals surface area contributed by atoms with Gasteiger partial charge in [0.15, 0.2) is 0 Å². The molecular weight excluding hydrogens is 298 g/mol. The summed E-state index contributed by atoms with van der Waals surface area (Å²) >= 11 is 5.08. The minimum absolute atomic E-state index is 0.455. The Balaban J connectivity index is 1.98. The third-order valence-corrected chi connectivity index (χ3v) is 4.11. The van der Waals surface area contributed by atoms with Gasteiger partial charge in [0.25, 0.3) is 0 Å². The number of aliphatic hydroxyl groups excluding tert-OH is 1. The second-order valence-electron chi connectivity index (χ2n) is 3.90. The van der Waals surface area contributed by atoms with Crippen LogP contribution < -0.4 is 5.32 Å². The van der Waals surface area contributed by atoms with Gasteiger partial charge in [0.05, 0.1) is 0 Å². The summed E-state index contributed by atoms with van der Waals surface area (Å²) in [5, 5.41) is 15.2. The molecule has 0 aliphatic heterocycles. The molecule has 2 nitrogen and oxygen atoms in total. The van der Waals surface area contributed by atoms with Gasteiger partial charge >= 0.3 is 0 Å². The second kappa shape index (κ2) is 5.67. The van der Waals surface area contributed by atoms with E-state index in [0.717, 1.165) is 15.0 Å². The monoisotopic (exact) mass is 311 g/mol. The molecule has 0 bridgehead atoms. The molecule has 0 aliphatic rings. The van der Waals surface area contributed by atoms with E-state index in [-0.39, 0.29) is 0 Å². The number of aryl methyl sites for hydroxylation is 1. The summed E-state index contributed by atoms with van der Waals surface area (Å²) in [6, 6.07) is 10.0. The number of benzene rings is 1. The summed E-state index contributed by atoms with van der Waals surface area (Å²) in [6.07, 6.45) is -0.455. The zero-order valence-electron chi connectivity index (χ0n) is 9.48. The van der Waals surface area contributed by atoms with Crippen molar-refractivity contribution in [2.24, 2.45) is 0 Å². The van der Waals surface area contributed by atoms with Crippen molar-refractivity contribution in [1.29, 1.82) is 0 Å². The van der Waals surface area contributed by atoms with E-state index in [0.29, 0.717) is 6.54 Å². The number of nitrogens with one attached hydrogen (secondary N) is 1. The highest BCUT2D eigenvalue weighted by Gasteiger charge is 2.08. The van der Waals surface area contributed by atoms with Gasteiger partial charge in [0.1, 0.15) is 6.10 Å². The molecule has 1 aromatic carbocycles. The van der Waals surface area contributed by atoms with Crippen LogP contribution in [0.3, 0.4) is 0 Å². The van der Waals surface area contributed by atoms with Crippen molar-refractivity contribution >= 4 is 33.0 Å². The summed E-state index contributed by atoms with van der Waals surface area (Å²) < 4.78 is 1.02. The van der Waals surface area contributed by atoms with Crippen molar-refractivity contribution in [3.63, 3.8) is 0 Å². The van der Waals surface area contributed by atoms with E-state index in [2.05, 4.69) is 34.2 Å². The normalized spacial score (nSPS) is 12.4. The standard InChI is InChI=1S/C13H14BrNOS/c1-9-4-5-11(10(14)7-9)15-8-12(16)13-3-2-6-17-13/h2-7,12,15-16H,8H2,1H3. The highest BCUT2D eigenvalue weighted by atomic mass is 79.9. The summed E-state index contributed by atoms with van der Waals surface area (Å²) in [6.45, 7) is 2.57. The van der Waals surface area contributed by atoms with Crippen LogP contribution in [-0.2, 0) is 0 Å². The maximum Gasteiger partial charge on any atom is 0.105 e. The number of halogens is 1. The molecule has 0 fully saturated rings. The number of thiophene rings is 1. The van der Waals surface area contributed by atoms with E-state index < -0.39 is 6.10 Å². The van der Waals surface area contributed by atoms with Gasteiger partial charge < -0.3 is 10.4 Å². The van der Waals surface area contributed by atoms with Gasteiger partial charge in [-0.2, -0.15) is 0 Å². The Morgan fingerprint density at radius 3 is 2.88 bits per heavy atom. The molecular formula is C13H14BrNOS. The highest BCUT2D eigenvalue weighted by Crippen LogP contribution is 2.25. The first kappa shape index (κ1) is 12.6. The van der Waals surface area contributed by atoms with Crippen LogP contribution in [0.15, 0.2) is 40.2 Å². The molecule has 2 rings (SSSR count). The van der Waals surface area contributed by atoms with Gasteiger partial charge in [-0.25, -0.2) is 0 Å². The Morgan fingerprint density at radius 2 is 2.24 bits per heavy atom. The summed E-state index contributed by atoms with van der Waals surface area (Å²) in [7, 11) is 0. The maximum absolute atomic E-state index is 9.95. The van der Waals surface area contributed by atoms with Gasteiger partial charge in [0, 0.05) is 21.6 Å². The SMILES string of the molecule is Cc1ccc(NCC(O)c2cccs2)c(Br)c1. The van der Waals surface area contributed by atoms with Crippen LogP contribution in [0.25, 0.3) is 0 Å². The molecule has 0 saturated heterocycles. The summed E-state index contributed by atoms with van der Waals surface area (Å²) in [4.78, 5) is 0.987. The van der Waals surface area contributed by atoms with Crippen molar-refractivity contribution in [2.45, 2.75) is 13.0 Å². The van der Waals surface area contributed by atoms with Gasteiger partial charge in [-0.05, 0) is 52.0 Å². The van der Waals surface area contributed by atoms with Crippen molar-refractivity contribution in [2.75, 3.05) is 11.9 Å². The third-order valence-electron chi connectivity index (χ3n) is 2.48. The fourth-order valence-electron chi connectivity index (χ4n) is 1.55. The molecule has 0 aliphatic carbocycles. The molecule has 0 saturated carbocycles. The lowest BCUT2D eigenvalue weighted by Crippen LogP contribution is -2.11. The molecule has 1 heterocycles. The topological polar surface area (TPSA) is 32.3 Å². The average molecular weight is 312 g/mol. The van der Waals surface area contributed by atoms with E-state index in [1.165, 1.54) is 5.56 Å². The number of aliphatic hydroxyl groups is 1. The molecule has 2 N–H and O–H groups in total. The van der Waals surface area contributed by atoms with E-state index in [4.69, 9.17) is 0 Å². The number of anilines is 1. The molecule has 4 heteroatoms. The number of hydrogen-bond donors (Lipinski definition) is 2. The maximum atomic E-state index is 9.95. The second-order valence-corrected chi connectivity index (χ2v) is 5.73. The molecule has 1 atom stereocenters. The molecule has 90 valence electrons. The first-order chi connectivity index (χ1) is 8.16. The lowest BCUT2D eigenvalue weighted by atomic mass is 10.2. The van der Waals surface area contributed by atoms with Crippen LogP contribution >= 0.6 is 27.3 Å². The lowest BCUT2D eigenvalue weighted by Gasteiger charge is -2.13. The predicted octanol–water partition coefficient (Wildman–Crippen LogP) is 3.96. The highest BCUT2D eigenvalue weighted by molar-refractivity contribution is 9.10. The predicted molar refractivity (Wildman–Crippen MR) is 76.6 cm³/mol. The number of rotatable bonds is 4. The third kappa shape index (κ3) is 3.31. The minimum atomic E-state index is -0.455. The van der Waals surface area contributed by atoms with Gasteiger partial charge in [-0.15, -0.1) is 11.3 Å². The van der Waals surface area contributed by atoms with Crippen LogP contribution in [0.4, 0.5) is 5.69 Å². The van der Waals surface area contributed by atoms with E-state index in [9.17, 15) is 5.11 Å². The van der Waals surface area contributed by atoms with Crippen molar-refractivity contribution in [3.05, 3.63) is 50.6 Å². The fourth-order valence-corrected chi connectivity index (χ4v) is 2.90. The van der Waals surface area contributed by atoms with E-state index >= 15 is 0 Å². The molecule has 1 unspecified atom stereocenters. The van der Waals surface area contributed by atoms with Gasteiger partial charge in [-0.3, -0.25) is 0 Å². The summed E-state index contributed by atoms with van der Waals surface area (Å²) in [5.74, 6) is 0. The average Bonchev–Trinajstić information content (AvgIpc) is 2.81. The van der Waals surface area contributed by atoms with Crippen LogP contribution in [-0.4, -0.2) is 11.7 Å². The Morgan fingerprint density at radius 1 is 1.41 bits per heavy atom. The molecule has 2 aromatic rings. The Hall–Kier alpha value is -0.840. The molecule has 0 spiro atoms. The fraction of sp³-hybridized carbons (Fsp3) is 0.231. The largest absolute Gasteiger partial charge is 0.386 e. The zero-order valence-corrected chi connectivity index (χ0v) is 11.9. The molecule has 17 heavy (non-hydrogen) atoms. The Kier molecular flexibility index (Phi) is 4.20. The zero-order chi connectivity index (χ0) is 12.3. The van der Waals surface area contributed by atoms with Gasteiger partial charge in [-0.1, -0.05) is 12.1 Å². The van der Waals surface area contributed by atoms with Crippen molar-refractivity contribution in [1.82, 2.24) is 0 Å². The van der Waals surface area contributed by atoms with Crippen molar-refractivity contribution < 1.29 is 5.11 Å². The van der Waals surface area contributed by atoms with Crippen LogP contribution in [0, 0.1) is 6.92 Å². The summed E-state index contributed by atoms with van der Waals surface area (Å²) in [5.41, 5.74) is 2.22. The molecule has 0 amide bonds. The quantitative estimate of drug-likeness (QED) is 0.895. The van der Waals surface area contributed by atoms with E-state index in [1.807, 2.05) is 29.6 Å². The first-order valence-corrected chi connectivity index (χ1v) is 7.05. The van der Waals surface area contributed by atoms with Crippen LogP contribution in [0.1, 0.15) is 16.5 Å². The smallest absolute Gasteiger partial charge is 0.105 e. The van der Waals surface area contributed by atoms with E-state index in [1.54, 1.807) is 11.3 Å². The number of hydrogen-bond acceptors (Lipinski definition) is 3. The molecule has 0 radical (unpaired) electrons.